The van der Waals surface area contributed by atoms with Crippen molar-refractivity contribution in [1.29, 1.82) is 0 Å². The van der Waals surface area contributed by atoms with Gasteiger partial charge >= 0.3 is 12.3 Å². The van der Waals surface area contributed by atoms with E-state index in [4.69, 9.17) is 4.74 Å². The Balaban J connectivity index is 2.71. The van der Waals surface area contributed by atoms with E-state index in [9.17, 15) is 18.0 Å². The van der Waals surface area contributed by atoms with E-state index in [1.165, 1.54) is 12.1 Å². The fourth-order valence-corrected chi connectivity index (χ4v) is 1.27. The number of carbonyl (C=O) groups excluding carboxylic acids is 1. The smallest absolute Gasteiger partial charge is 0.416 e. The van der Waals surface area contributed by atoms with Gasteiger partial charge in [0.25, 0.3) is 0 Å². The van der Waals surface area contributed by atoms with Crippen molar-refractivity contribution in [3.8, 4) is 0 Å². The van der Waals surface area contributed by atoms with Crippen molar-refractivity contribution in [2.24, 2.45) is 0 Å². The molecule has 0 fully saturated rings. The van der Waals surface area contributed by atoms with E-state index in [0.29, 0.717) is 5.33 Å². The van der Waals surface area contributed by atoms with Crippen LogP contribution in [0, 0.1) is 0 Å². The van der Waals surface area contributed by atoms with Gasteiger partial charge in [-0.1, -0.05) is 22.0 Å². The Labute approximate surface area is 110 Å². The number of halogens is 4. The summed E-state index contributed by atoms with van der Waals surface area (Å²) in [4.78, 5) is 11.3. The first-order valence-electron chi connectivity index (χ1n) is 5.04. The van der Waals surface area contributed by atoms with Gasteiger partial charge in [0.05, 0.1) is 5.56 Å². The highest BCUT2D eigenvalue weighted by molar-refractivity contribution is 9.09. The molecule has 1 aromatic carbocycles. The van der Waals surface area contributed by atoms with Crippen molar-refractivity contribution in [3.63, 3.8) is 0 Å². The van der Waals surface area contributed by atoms with Crippen LogP contribution in [0.5, 0.6) is 0 Å². The third-order valence-electron chi connectivity index (χ3n) is 1.96. The number of rotatable bonds is 3. The van der Waals surface area contributed by atoms with Gasteiger partial charge in [0.15, 0.2) is 0 Å². The predicted octanol–water partition coefficient (Wildman–Crippen LogP) is 4.04. The molecule has 0 saturated carbocycles. The molecule has 1 rings (SSSR count). The number of amides is 1. The third-order valence-corrected chi connectivity index (χ3v) is 2.87. The highest BCUT2D eigenvalue weighted by Crippen LogP contribution is 2.30. The molecule has 0 aliphatic rings. The van der Waals surface area contributed by atoms with Crippen molar-refractivity contribution in [1.82, 2.24) is 0 Å². The summed E-state index contributed by atoms with van der Waals surface area (Å²) < 4.78 is 42.1. The van der Waals surface area contributed by atoms with Crippen LogP contribution in [0.25, 0.3) is 0 Å². The molecule has 18 heavy (non-hydrogen) atoms. The maximum Gasteiger partial charge on any atom is 0.416 e. The van der Waals surface area contributed by atoms with Crippen molar-refractivity contribution in [2.45, 2.75) is 19.2 Å². The third kappa shape index (κ3) is 4.56. The molecule has 1 unspecified atom stereocenters. The minimum absolute atomic E-state index is 0.0385. The van der Waals surface area contributed by atoms with E-state index in [1.807, 2.05) is 0 Å². The first-order valence-corrected chi connectivity index (χ1v) is 6.16. The van der Waals surface area contributed by atoms with Gasteiger partial charge < -0.3 is 4.74 Å². The number of anilines is 1. The van der Waals surface area contributed by atoms with Crippen molar-refractivity contribution in [2.75, 3.05) is 10.6 Å². The normalized spacial score (nSPS) is 12.9. The molecule has 7 heteroatoms. The van der Waals surface area contributed by atoms with Crippen molar-refractivity contribution in [3.05, 3.63) is 29.8 Å². The Bertz CT molecular complexity index is 423. The second-order valence-corrected chi connectivity index (χ2v) is 4.22. The lowest BCUT2D eigenvalue weighted by molar-refractivity contribution is -0.137. The standard InChI is InChI=1S/C11H11BrF3NO2/c1-7(6-12)18-10(17)16-9-4-2-3-8(5-9)11(13,14)15/h2-5,7H,6H2,1H3,(H,16,17). The molecule has 0 spiro atoms. The number of ether oxygens (including phenoxy) is 1. The first kappa shape index (κ1) is 14.8. The van der Waals surface area contributed by atoms with Gasteiger partial charge in [0.1, 0.15) is 6.10 Å². The number of nitrogens with one attached hydrogen (secondary N) is 1. The molecule has 0 aliphatic heterocycles. The molecule has 100 valence electrons. The van der Waals surface area contributed by atoms with Gasteiger partial charge in [-0.05, 0) is 25.1 Å². The van der Waals surface area contributed by atoms with Crippen LogP contribution in [-0.2, 0) is 10.9 Å². The molecule has 1 atom stereocenters. The maximum absolute atomic E-state index is 12.4. The van der Waals surface area contributed by atoms with Gasteiger partial charge in [0, 0.05) is 11.0 Å². The van der Waals surface area contributed by atoms with Crippen LogP contribution < -0.4 is 5.32 Å². The number of benzene rings is 1. The van der Waals surface area contributed by atoms with Gasteiger partial charge in [-0.15, -0.1) is 0 Å². The fourth-order valence-electron chi connectivity index (χ4n) is 1.13. The molecule has 0 bridgehead atoms. The van der Waals surface area contributed by atoms with Crippen LogP contribution in [0.3, 0.4) is 0 Å². The van der Waals surface area contributed by atoms with E-state index in [-0.39, 0.29) is 11.8 Å². The highest BCUT2D eigenvalue weighted by Gasteiger charge is 2.30. The van der Waals surface area contributed by atoms with Crippen LogP contribution in [0.2, 0.25) is 0 Å². The summed E-state index contributed by atoms with van der Waals surface area (Å²) >= 11 is 3.11. The molecule has 0 aliphatic carbocycles. The highest BCUT2D eigenvalue weighted by atomic mass is 79.9. The minimum atomic E-state index is -4.44. The molecule has 1 amide bonds. The Kier molecular flexibility index (Phi) is 5.01. The monoisotopic (exact) mass is 325 g/mol. The maximum atomic E-state index is 12.4. The van der Waals surface area contributed by atoms with Gasteiger partial charge in [0.2, 0.25) is 0 Å². The summed E-state index contributed by atoms with van der Waals surface area (Å²) in [5.74, 6) is 0. The van der Waals surface area contributed by atoms with Crippen molar-refractivity contribution >= 4 is 27.7 Å². The lowest BCUT2D eigenvalue weighted by Crippen LogP contribution is -2.21. The summed E-state index contributed by atoms with van der Waals surface area (Å²) in [5, 5.41) is 2.69. The SMILES string of the molecule is CC(CBr)OC(=O)Nc1cccc(C(F)(F)F)c1. The molecule has 1 N–H and O–H groups in total. The zero-order valence-corrected chi connectivity index (χ0v) is 11.0. The second kappa shape index (κ2) is 6.08. The minimum Gasteiger partial charge on any atom is -0.445 e. The molecule has 1 aromatic rings. The van der Waals surface area contributed by atoms with Crippen molar-refractivity contribution < 1.29 is 22.7 Å². The van der Waals surface area contributed by atoms with Gasteiger partial charge in [-0.25, -0.2) is 4.79 Å². The van der Waals surface area contributed by atoms with Crippen LogP contribution in [0.15, 0.2) is 24.3 Å². The Morgan fingerprint density at radius 1 is 1.50 bits per heavy atom. The first-order chi connectivity index (χ1) is 8.32. The lowest BCUT2D eigenvalue weighted by Gasteiger charge is -2.12. The number of hydrogen-bond acceptors (Lipinski definition) is 2. The molecular weight excluding hydrogens is 315 g/mol. The Hall–Kier alpha value is -1.24. The van der Waals surface area contributed by atoms with Crippen LogP contribution in [0.1, 0.15) is 12.5 Å². The number of carbonyl (C=O) groups is 1. The zero-order chi connectivity index (χ0) is 13.8. The lowest BCUT2D eigenvalue weighted by atomic mass is 10.2. The van der Waals surface area contributed by atoms with E-state index in [0.717, 1.165) is 12.1 Å². The Morgan fingerprint density at radius 3 is 2.72 bits per heavy atom. The predicted molar refractivity (Wildman–Crippen MR) is 64.8 cm³/mol. The fraction of sp³-hybridized carbons (Fsp3) is 0.364. The summed E-state index contributed by atoms with van der Waals surface area (Å²) in [6.45, 7) is 1.65. The van der Waals surface area contributed by atoms with Gasteiger partial charge in [-0.2, -0.15) is 13.2 Å². The summed E-state index contributed by atoms with van der Waals surface area (Å²) in [6.07, 6.45) is -5.60. The van der Waals surface area contributed by atoms with E-state index in [2.05, 4.69) is 21.2 Å². The molecule has 3 nitrogen and oxygen atoms in total. The van der Waals surface area contributed by atoms with E-state index in [1.54, 1.807) is 6.92 Å². The molecule has 0 aromatic heterocycles. The topological polar surface area (TPSA) is 38.3 Å². The number of alkyl halides is 4. The number of hydrogen-bond donors (Lipinski definition) is 1. The van der Waals surface area contributed by atoms with Gasteiger partial charge in [-0.3, -0.25) is 5.32 Å². The second-order valence-electron chi connectivity index (χ2n) is 3.57. The molecule has 0 heterocycles. The van der Waals surface area contributed by atoms with Crippen LogP contribution in [-0.4, -0.2) is 17.5 Å². The summed E-state index contributed by atoms with van der Waals surface area (Å²) in [6, 6.07) is 4.35. The molecule has 0 radical (unpaired) electrons. The largest absolute Gasteiger partial charge is 0.445 e. The van der Waals surface area contributed by atoms with Crippen LogP contribution in [0.4, 0.5) is 23.7 Å². The zero-order valence-electron chi connectivity index (χ0n) is 9.42. The van der Waals surface area contributed by atoms with E-state index >= 15 is 0 Å². The van der Waals surface area contributed by atoms with Crippen LogP contribution >= 0.6 is 15.9 Å². The average Bonchev–Trinajstić information content (AvgIpc) is 2.27. The molecule has 0 saturated heterocycles. The average molecular weight is 326 g/mol. The quantitative estimate of drug-likeness (QED) is 0.852. The van der Waals surface area contributed by atoms with E-state index < -0.39 is 17.8 Å². The summed E-state index contributed by atoms with van der Waals surface area (Å²) in [7, 11) is 0. The summed E-state index contributed by atoms with van der Waals surface area (Å²) in [5.41, 5.74) is -0.787. The molecular formula is C11H11BrF3NO2. The Morgan fingerprint density at radius 2 is 2.17 bits per heavy atom.